The lowest BCUT2D eigenvalue weighted by Gasteiger charge is -2.25. The summed E-state index contributed by atoms with van der Waals surface area (Å²) in [7, 11) is 0. The van der Waals surface area contributed by atoms with Gasteiger partial charge >= 0.3 is 12.0 Å². The van der Waals surface area contributed by atoms with Crippen molar-refractivity contribution in [1.82, 2.24) is 0 Å². The smallest absolute Gasteiger partial charge is 0.422 e. The average molecular weight is 502 g/mol. The summed E-state index contributed by atoms with van der Waals surface area (Å²) in [5, 5.41) is 26.0. The summed E-state index contributed by atoms with van der Waals surface area (Å²) in [6.07, 6.45) is -0.908. The quantitative estimate of drug-likeness (QED) is 0.202. The molecule has 2 atom stereocenters. The molecule has 0 unspecified atom stereocenters. The van der Waals surface area contributed by atoms with E-state index in [1.54, 1.807) is 106 Å². The highest BCUT2D eigenvalue weighted by atomic mass is 16.6. The molecule has 0 saturated carbocycles. The number of nitrogens with zero attached hydrogens (tertiary/aromatic N) is 3. The van der Waals surface area contributed by atoms with Crippen LogP contribution in [0.1, 0.15) is 49.4 Å². The van der Waals surface area contributed by atoms with E-state index in [4.69, 9.17) is 4.74 Å². The normalized spacial score (nSPS) is 16.1. The van der Waals surface area contributed by atoms with Crippen LogP contribution in [0.15, 0.2) is 84.9 Å². The summed E-state index contributed by atoms with van der Waals surface area (Å²) in [5.74, 6) is -1.74. The van der Waals surface area contributed by atoms with E-state index in [2.05, 4.69) is 0 Å². The molecule has 0 aromatic heterocycles. The molecule has 3 aromatic carbocycles. The van der Waals surface area contributed by atoms with Crippen molar-refractivity contribution in [2.24, 2.45) is 0 Å². The van der Waals surface area contributed by atoms with Crippen molar-refractivity contribution in [1.29, 1.82) is 0 Å². The van der Waals surface area contributed by atoms with Crippen LogP contribution in [0.2, 0.25) is 0 Å². The van der Waals surface area contributed by atoms with Crippen LogP contribution in [-0.2, 0) is 9.53 Å². The second-order valence-electron chi connectivity index (χ2n) is 9.70. The number of carbonyl (C=O) groups excluding carboxylic acids is 2. The van der Waals surface area contributed by atoms with Crippen LogP contribution in [0.3, 0.4) is 0 Å². The van der Waals surface area contributed by atoms with Gasteiger partial charge < -0.3 is 9.94 Å². The number of hydrogen-bond donors (Lipinski definition) is 0. The van der Waals surface area contributed by atoms with E-state index in [1.807, 2.05) is 0 Å². The molecular weight excluding hydrogens is 474 g/mol. The van der Waals surface area contributed by atoms with E-state index in [1.165, 1.54) is 0 Å². The zero-order valence-electron chi connectivity index (χ0n) is 20.7. The van der Waals surface area contributed by atoms with Gasteiger partial charge in [-0.15, -0.1) is 0 Å². The van der Waals surface area contributed by atoms with Crippen molar-refractivity contribution in [2.75, 3.05) is 11.4 Å². The number of anilines is 1. The number of nitro groups is 1. The molecule has 0 aliphatic carbocycles. The molecule has 9 heteroatoms. The molecular formula is C28H27N3O6. The maximum absolute atomic E-state index is 14.2. The van der Waals surface area contributed by atoms with Crippen molar-refractivity contribution in [2.45, 2.75) is 38.3 Å². The highest BCUT2D eigenvalue weighted by Crippen LogP contribution is 2.37. The standard InChI is InChI=1S/C28H27N3O6/c1-28(2,3)37-27(33)30-23-17-11-10-16-21(23)25(26(30)32)31(36)24(20-14-8-5-9-15-20)22(18-29(34)35)19-12-6-4-7-13-19/h4-17,22,24H,18H2,1-3H3/b31-25+/t22-,24+/m0/s1. The summed E-state index contributed by atoms with van der Waals surface area (Å²) in [4.78, 5) is 38.8. The number of benzene rings is 3. The van der Waals surface area contributed by atoms with Crippen LogP contribution in [0.25, 0.3) is 0 Å². The zero-order chi connectivity index (χ0) is 26.7. The van der Waals surface area contributed by atoms with Crippen molar-refractivity contribution in [3.8, 4) is 0 Å². The first-order chi connectivity index (χ1) is 17.6. The predicted molar refractivity (Wildman–Crippen MR) is 138 cm³/mol. The Morgan fingerprint density at radius 2 is 1.43 bits per heavy atom. The molecule has 4 rings (SSSR count). The van der Waals surface area contributed by atoms with Gasteiger partial charge in [0.15, 0.2) is 0 Å². The maximum Gasteiger partial charge on any atom is 0.422 e. The fourth-order valence-corrected chi connectivity index (χ4v) is 4.47. The molecule has 0 fully saturated rings. The van der Waals surface area contributed by atoms with Gasteiger partial charge in [-0.3, -0.25) is 14.9 Å². The largest absolute Gasteiger partial charge is 0.623 e. The fourth-order valence-electron chi connectivity index (χ4n) is 4.47. The molecule has 0 saturated heterocycles. The number of imide groups is 1. The number of hydroxylamine groups is 1. The lowest BCUT2D eigenvalue weighted by molar-refractivity contribution is -0.537. The molecule has 1 aliphatic rings. The van der Waals surface area contributed by atoms with Gasteiger partial charge in [-0.25, -0.2) is 9.69 Å². The molecule has 2 amide bonds. The van der Waals surface area contributed by atoms with Gasteiger partial charge in [-0.2, -0.15) is 4.74 Å². The van der Waals surface area contributed by atoms with E-state index in [0.29, 0.717) is 15.9 Å². The molecule has 3 aromatic rings. The molecule has 0 spiro atoms. The van der Waals surface area contributed by atoms with E-state index in [-0.39, 0.29) is 17.0 Å². The Bertz CT molecular complexity index is 1350. The summed E-state index contributed by atoms with van der Waals surface area (Å²) < 4.78 is 5.95. The van der Waals surface area contributed by atoms with Crippen LogP contribution >= 0.6 is 0 Å². The van der Waals surface area contributed by atoms with Gasteiger partial charge in [0.1, 0.15) is 11.5 Å². The SMILES string of the molecule is CC(C)(C)OC(=O)N1C(=O)/C(=[N+](/[O-])[C@H](c2ccccc2)[C@@H](C[N+](=O)[O-])c2ccccc2)c2ccccc21. The molecule has 37 heavy (non-hydrogen) atoms. The molecule has 0 N–H and O–H groups in total. The highest BCUT2D eigenvalue weighted by molar-refractivity contribution is 6.56. The van der Waals surface area contributed by atoms with Crippen molar-refractivity contribution >= 4 is 23.4 Å². The Morgan fingerprint density at radius 1 is 0.892 bits per heavy atom. The van der Waals surface area contributed by atoms with Crippen LogP contribution in [-0.4, -0.2) is 39.5 Å². The molecule has 190 valence electrons. The third kappa shape index (κ3) is 5.35. The monoisotopic (exact) mass is 501 g/mol. The first kappa shape index (κ1) is 25.6. The number of hydrogen-bond acceptors (Lipinski definition) is 6. The number of ether oxygens (including phenoxy) is 1. The Morgan fingerprint density at radius 3 is 2.00 bits per heavy atom. The third-order valence-electron chi connectivity index (χ3n) is 5.95. The van der Waals surface area contributed by atoms with Crippen molar-refractivity contribution in [3.63, 3.8) is 0 Å². The number of para-hydroxylation sites is 1. The Hall–Kier alpha value is -4.53. The lowest BCUT2D eigenvalue weighted by Crippen LogP contribution is -2.42. The summed E-state index contributed by atoms with van der Waals surface area (Å²) >= 11 is 0. The van der Waals surface area contributed by atoms with Crippen LogP contribution in [0, 0.1) is 15.3 Å². The molecule has 0 bridgehead atoms. The second kappa shape index (κ2) is 10.2. The van der Waals surface area contributed by atoms with Gasteiger partial charge in [-0.05, 0) is 38.5 Å². The number of rotatable bonds is 6. The van der Waals surface area contributed by atoms with Gasteiger partial charge in [0.25, 0.3) is 5.71 Å². The Balaban J connectivity index is 1.92. The predicted octanol–water partition coefficient (Wildman–Crippen LogP) is 5.07. The molecule has 1 aliphatic heterocycles. The molecule has 0 radical (unpaired) electrons. The lowest BCUT2D eigenvalue weighted by atomic mass is 9.86. The van der Waals surface area contributed by atoms with Gasteiger partial charge in [0.2, 0.25) is 12.6 Å². The Labute approximate surface area is 214 Å². The van der Waals surface area contributed by atoms with Gasteiger partial charge in [0, 0.05) is 10.5 Å². The summed E-state index contributed by atoms with van der Waals surface area (Å²) in [6, 6.07) is 22.6. The zero-order valence-corrected chi connectivity index (χ0v) is 20.7. The van der Waals surface area contributed by atoms with E-state index >= 15 is 0 Å². The fraction of sp³-hybridized carbons (Fsp3) is 0.250. The third-order valence-corrected chi connectivity index (χ3v) is 5.95. The minimum absolute atomic E-state index is 0.218. The van der Waals surface area contributed by atoms with E-state index < -0.39 is 41.0 Å². The Kier molecular flexibility index (Phi) is 7.06. The van der Waals surface area contributed by atoms with E-state index in [9.17, 15) is 24.9 Å². The minimum atomic E-state index is -1.13. The van der Waals surface area contributed by atoms with Crippen molar-refractivity contribution in [3.05, 3.63) is 117 Å². The van der Waals surface area contributed by atoms with Crippen LogP contribution in [0.5, 0.6) is 0 Å². The minimum Gasteiger partial charge on any atom is -0.623 e. The van der Waals surface area contributed by atoms with Crippen molar-refractivity contribution < 1.29 is 24.0 Å². The van der Waals surface area contributed by atoms with Crippen LogP contribution in [0.4, 0.5) is 10.5 Å². The number of fused-ring (bicyclic) bond motifs is 1. The summed E-state index contributed by atoms with van der Waals surface area (Å²) in [5.41, 5.74) is 0.402. The van der Waals surface area contributed by atoms with Crippen LogP contribution < -0.4 is 4.90 Å². The first-order valence-corrected chi connectivity index (χ1v) is 11.8. The first-order valence-electron chi connectivity index (χ1n) is 11.8. The second-order valence-corrected chi connectivity index (χ2v) is 9.70. The number of amides is 2. The van der Waals surface area contributed by atoms with Gasteiger partial charge in [0.05, 0.1) is 11.3 Å². The average Bonchev–Trinajstić information content (AvgIpc) is 3.15. The topological polar surface area (TPSA) is 116 Å². The molecule has 1 heterocycles. The van der Waals surface area contributed by atoms with E-state index in [0.717, 1.165) is 4.90 Å². The summed E-state index contributed by atoms with van der Waals surface area (Å²) in [6.45, 7) is 4.49. The highest BCUT2D eigenvalue weighted by Gasteiger charge is 2.47. The number of carbonyl (C=O) groups is 2. The maximum atomic E-state index is 14.2. The molecule has 9 nitrogen and oxygen atoms in total. The van der Waals surface area contributed by atoms with Gasteiger partial charge in [-0.1, -0.05) is 72.8 Å².